The van der Waals surface area contributed by atoms with E-state index in [1.165, 1.54) is 12.1 Å². The maximum absolute atomic E-state index is 12.7. The Balaban J connectivity index is 1.61. The summed E-state index contributed by atoms with van der Waals surface area (Å²) in [6.45, 7) is 0.219. The van der Waals surface area contributed by atoms with Crippen LogP contribution in [0.1, 0.15) is 15.9 Å². The second-order valence-electron chi connectivity index (χ2n) is 4.63. The van der Waals surface area contributed by atoms with Crippen molar-refractivity contribution in [1.29, 1.82) is 0 Å². The maximum atomic E-state index is 12.7. The molecule has 0 aliphatic heterocycles. The fourth-order valence-electron chi connectivity index (χ4n) is 1.98. The third kappa shape index (κ3) is 3.13. The number of hydrogen-bond donors (Lipinski definition) is 2. The van der Waals surface area contributed by atoms with Crippen LogP contribution in [0.4, 0.5) is 4.39 Å². The minimum absolute atomic E-state index is 0.204. The van der Waals surface area contributed by atoms with Crippen molar-refractivity contribution in [1.82, 2.24) is 15.3 Å². The number of aromatic nitrogens is 2. The largest absolute Gasteiger partial charge is 0.345 e. The molecule has 3 aromatic rings. The molecule has 0 radical (unpaired) electrons. The monoisotopic (exact) mass is 293 g/mol. The van der Waals surface area contributed by atoms with Gasteiger partial charge in [0.15, 0.2) is 0 Å². The van der Waals surface area contributed by atoms with Crippen LogP contribution in [0.2, 0.25) is 0 Å². The summed E-state index contributed by atoms with van der Waals surface area (Å²) in [4.78, 5) is 19.1. The second-order valence-corrected chi connectivity index (χ2v) is 4.63. The number of hydrogen-bond acceptors (Lipinski definition) is 2. The van der Waals surface area contributed by atoms with Crippen molar-refractivity contribution in [2.75, 3.05) is 6.54 Å². The number of imidazole rings is 1. The third-order valence-electron chi connectivity index (χ3n) is 3.10. The van der Waals surface area contributed by atoms with Crippen LogP contribution in [0.15, 0.2) is 48.8 Å². The lowest BCUT2D eigenvalue weighted by molar-refractivity contribution is 0.0959. The number of nitrogens with zero attached hydrogens (tertiary/aromatic N) is 1. The van der Waals surface area contributed by atoms with Crippen LogP contribution < -0.4 is 5.32 Å². The smallest absolute Gasteiger partial charge is 0.252 e. The van der Waals surface area contributed by atoms with Gasteiger partial charge in [-0.05, 0) is 42.5 Å². The van der Waals surface area contributed by atoms with Crippen LogP contribution in [0.3, 0.4) is 0 Å². The van der Waals surface area contributed by atoms with Gasteiger partial charge in [-0.1, -0.05) is 11.8 Å². The van der Waals surface area contributed by atoms with Gasteiger partial charge in [0.05, 0.1) is 23.9 Å². The molecule has 0 spiro atoms. The number of amides is 1. The molecule has 0 saturated heterocycles. The highest BCUT2D eigenvalue weighted by molar-refractivity contribution is 5.97. The van der Waals surface area contributed by atoms with E-state index in [0.29, 0.717) is 11.1 Å². The Morgan fingerprint density at radius 3 is 2.86 bits per heavy atom. The van der Waals surface area contributed by atoms with Gasteiger partial charge in [-0.3, -0.25) is 4.79 Å². The average Bonchev–Trinajstić information content (AvgIpc) is 3.00. The Hall–Kier alpha value is -3.13. The van der Waals surface area contributed by atoms with E-state index >= 15 is 0 Å². The Bertz CT molecular complexity index is 872. The lowest BCUT2D eigenvalue weighted by Gasteiger charge is -2.01. The van der Waals surface area contributed by atoms with Gasteiger partial charge >= 0.3 is 0 Å². The summed E-state index contributed by atoms with van der Waals surface area (Å²) in [7, 11) is 0. The molecule has 2 N–H and O–H groups in total. The zero-order valence-electron chi connectivity index (χ0n) is 11.6. The van der Waals surface area contributed by atoms with Crippen LogP contribution in [-0.4, -0.2) is 22.4 Å². The lowest BCUT2D eigenvalue weighted by atomic mass is 10.2. The van der Waals surface area contributed by atoms with Crippen LogP contribution in [0.25, 0.3) is 11.0 Å². The summed E-state index contributed by atoms with van der Waals surface area (Å²) in [5, 5.41) is 2.72. The molecule has 0 atom stereocenters. The number of nitrogens with one attached hydrogen (secondary N) is 2. The molecule has 22 heavy (non-hydrogen) atoms. The SMILES string of the molecule is O=C(NCC#Cc1ccc(F)cc1)c1ccc2nc[nH]c2c1. The van der Waals surface area contributed by atoms with E-state index in [4.69, 9.17) is 0 Å². The second kappa shape index (κ2) is 6.10. The lowest BCUT2D eigenvalue weighted by Crippen LogP contribution is -2.23. The average molecular weight is 293 g/mol. The summed E-state index contributed by atoms with van der Waals surface area (Å²) >= 11 is 0. The van der Waals surface area contributed by atoms with Gasteiger partial charge < -0.3 is 10.3 Å². The third-order valence-corrected chi connectivity index (χ3v) is 3.10. The molecule has 4 nitrogen and oxygen atoms in total. The maximum Gasteiger partial charge on any atom is 0.252 e. The van der Waals surface area contributed by atoms with Gasteiger partial charge in [0.2, 0.25) is 0 Å². The highest BCUT2D eigenvalue weighted by Crippen LogP contribution is 2.11. The number of benzene rings is 2. The predicted molar refractivity (Wildman–Crippen MR) is 81.7 cm³/mol. The number of H-pyrrole nitrogens is 1. The fraction of sp³-hybridized carbons (Fsp3) is 0.0588. The molecule has 0 aliphatic carbocycles. The van der Waals surface area contributed by atoms with Crippen molar-refractivity contribution in [3.05, 3.63) is 65.7 Å². The predicted octanol–water partition coefficient (Wildman–Crippen LogP) is 2.48. The Labute approximate surface area is 126 Å². The molecular formula is C17H12FN3O. The summed E-state index contributed by atoms with van der Waals surface area (Å²) in [5.74, 6) is 5.18. The van der Waals surface area contributed by atoms with Crippen molar-refractivity contribution >= 4 is 16.9 Å². The van der Waals surface area contributed by atoms with Crippen LogP contribution in [0.5, 0.6) is 0 Å². The molecule has 0 bridgehead atoms. The minimum Gasteiger partial charge on any atom is -0.345 e. The number of aromatic amines is 1. The van der Waals surface area contributed by atoms with Gasteiger partial charge in [-0.2, -0.15) is 0 Å². The van der Waals surface area contributed by atoms with Crippen LogP contribution >= 0.6 is 0 Å². The Morgan fingerprint density at radius 1 is 1.23 bits per heavy atom. The number of carbonyl (C=O) groups is 1. The van der Waals surface area contributed by atoms with Crippen LogP contribution in [-0.2, 0) is 0 Å². The first kappa shape index (κ1) is 13.8. The van der Waals surface area contributed by atoms with Crippen molar-refractivity contribution < 1.29 is 9.18 Å². The van der Waals surface area contributed by atoms with Crippen molar-refractivity contribution in [2.45, 2.75) is 0 Å². The fourth-order valence-corrected chi connectivity index (χ4v) is 1.98. The van der Waals surface area contributed by atoms with E-state index in [9.17, 15) is 9.18 Å². The molecule has 5 heteroatoms. The molecule has 0 aliphatic rings. The van der Waals surface area contributed by atoms with Crippen LogP contribution in [0, 0.1) is 17.7 Å². The summed E-state index contributed by atoms with van der Waals surface area (Å²) < 4.78 is 12.7. The molecule has 2 aromatic carbocycles. The zero-order valence-corrected chi connectivity index (χ0v) is 11.6. The van der Waals surface area contributed by atoms with E-state index in [0.717, 1.165) is 11.0 Å². The zero-order chi connectivity index (χ0) is 15.4. The first-order valence-electron chi connectivity index (χ1n) is 6.68. The van der Waals surface area contributed by atoms with E-state index < -0.39 is 0 Å². The Kier molecular flexibility index (Phi) is 3.84. The van der Waals surface area contributed by atoms with Gasteiger partial charge in [-0.25, -0.2) is 9.37 Å². The van der Waals surface area contributed by atoms with Gasteiger partial charge in [0.25, 0.3) is 5.91 Å². The van der Waals surface area contributed by atoms with Crippen molar-refractivity contribution in [2.24, 2.45) is 0 Å². The normalized spacial score (nSPS) is 10.0. The van der Waals surface area contributed by atoms with Gasteiger partial charge in [0, 0.05) is 11.1 Å². The topological polar surface area (TPSA) is 57.8 Å². The van der Waals surface area contributed by atoms with Crippen molar-refractivity contribution in [3.8, 4) is 11.8 Å². The van der Waals surface area contributed by atoms with E-state index in [-0.39, 0.29) is 18.3 Å². The van der Waals surface area contributed by atoms with E-state index in [1.54, 1.807) is 36.7 Å². The first-order chi connectivity index (χ1) is 10.7. The first-order valence-corrected chi connectivity index (χ1v) is 6.68. The standard InChI is InChI=1S/C17H12FN3O/c18-14-6-3-12(4-7-14)2-1-9-19-17(22)13-5-8-15-16(10-13)21-11-20-15/h3-8,10-11H,9H2,(H,19,22)(H,20,21). The summed E-state index contributed by atoms with van der Waals surface area (Å²) in [5.41, 5.74) is 2.87. The highest BCUT2D eigenvalue weighted by atomic mass is 19.1. The Morgan fingerprint density at radius 2 is 2.05 bits per heavy atom. The quantitative estimate of drug-likeness (QED) is 0.713. The van der Waals surface area contributed by atoms with E-state index in [1.807, 2.05) is 0 Å². The minimum atomic E-state index is -0.298. The van der Waals surface area contributed by atoms with E-state index in [2.05, 4.69) is 27.1 Å². The number of carbonyl (C=O) groups excluding carboxylic acids is 1. The van der Waals surface area contributed by atoms with Gasteiger partial charge in [0.1, 0.15) is 5.82 Å². The highest BCUT2D eigenvalue weighted by Gasteiger charge is 2.05. The molecule has 1 heterocycles. The van der Waals surface area contributed by atoms with Crippen molar-refractivity contribution in [3.63, 3.8) is 0 Å². The number of fused-ring (bicyclic) bond motifs is 1. The van der Waals surface area contributed by atoms with Gasteiger partial charge in [-0.15, -0.1) is 0 Å². The molecule has 3 rings (SSSR count). The summed E-state index contributed by atoms with van der Waals surface area (Å²) in [6.07, 6.45) is 1.58. The molecule has 0 saturated carbocycles. The number of rotatable bonds is 2. The molecule has 108 valence electrons. The molecule has 0 fully saturated rings. The molecular weight excluding hydrogens is 281 g/mol. The molecule has 1 amide bonds. The molecule has 1 aromatic heterocycles. The number of halogens is 1. The summed E-state index contributed by atoms with van der Waals surface area (Å²) in [6, 6.07) is 11.1. The molecule has 0 unspecified atom stereocenters.